The number of ether oxygens (including phenoxy) is 1. The predicted octanol–water partition coefficient (Wildman–Crippen LogP) is 9.40. The predicted molar refractivity (Wildman–Crippen MR) is 124 cm³/mol. The van der Waals surface area contributed by atoms with E-state index in [1.165, 1.54) is 128 Å². The van der Waals surface area contributed by atoms with Gasteiger partial charge in [-0.05, 0) is 38.5 Å². The van der Waals surface area contributed by atoms with Gasteiger partial charge >= 0.3 is 0 Å². The van der Waals surface area contributed by atoms with Crippen LogP contribution in [-0.4, -0.2) is 13.2 Å². The molecule has 0 radical (unpaired) electrons. The van der Waals surface area contributed by atoms with Crippen LogP contribution in [0.5, 0.6) is 0 Å². The number of hydrogen-bond acceptors (Lipinski definition) is 1. The average Bonchev–Trinajstić information content (AvgIpc) is 2.68. The van der Waals surface area contributed by atoms with Gasteiger partial charge in [-0.1, -0.05) is 116 Å². The Hall–Kier alpha value is -0.300. The standard InChI is InChI=1S/C26H52O/c1-3-5-7-9-11-12-13-14-15-16-17-18-19-20-22-24-26-27-25-23-21-10-8-6-4-2/h14-15H,3-13,16-26H2,1-2H3. The molecule has 27 heavy (non-hydrogen) atoms. The van der Waals surface area contributed by atoms with Crippen molar-refractivity contribution in [3.63, 3.8) is 0 Å². The highest BCUT2D eigenvalue weighted by Crippen LogP contribution is 2.10. The summed E-state index contributed by atoms with van der Waals surface area (Å²) in [6.07, 6.45) is 32.2. The second-order valence-corrected chi connectivity index (χ2v) is 8.32. The van der Waals surface area contributed by atoms with Crippen molar-refractivity contribution in [1.29, 1.82) is 0 Å². The van der Waals surface area contributed by atoms with E-state index in [0.29, 0.717) is 0 Å². The third kappa shape index (κ3) is 25.7. The molecule has 0 aliphatic heterocycles. The Bertz CT molecular complexity index is 271. The van der Waals surface area contributed by atoms with E-state index in [1.54, 1.807) is 0 Å². The summed E-state index contributed by atoms with van der Waals surface area (Å²) in [5.74, 6) is 0. The van der Waals surface area contributed by atoms with Crippen LogP contribution in [0, 0.1) is 0 Å². The lowest BCUT2D eigenvalue weighted by Gasteiger charge is -2.04. The largest absolute Gasteiger partial charge is 0.381 e. The van der Waals surface area contributed by atoms with Gasteiger partial charge < -0.3 is 4.74 Å². The van der Waals surface area contributed by atoms with Gasteiger partial charge in [0.1, 0.15) is 0 Å². The first-order chi connectivity index (χ1) is 13.4. The number of unbranched alkanes of at least 4 members (excludes halogenated alkanes) is 17. The van der Waals surface area contributed by atoms with E-state index in [9.17, 15) is 0 Å². The maximum Gasteiger partial charge on any atom is 0.0466 e. The van der Waals surface area contributed by atoms with Gasteiger partial charge in [0.15, 0.2) is 0 Å². The van der Waals surface area contributed by atoms with Crippen molar-refractivity contribution in [2.24, 2.45) is 0 Å². The molecule has 162 valence electrons. The molecule has 0 unspecified atom stereocenters. The minimum atomic E-state index is 0.982. The summed E-state index contributed by atoms with van der Waals surface area (Å²) in [4.78, 5) is 0. The molecule has 0 aromatic carbocycles. The Labute approximate surface area is 172 Å². The second-order valence-electron chi connectivity index (χ2n) is 8.32. The Morgan fingerprint density at radius 1 is 0.407 bits per heavy atom. The normalized spacial score (nSPS) is 11.6. The molecule has 0 spiro atoms. The van der Waals surface area contributed by atoms with Crippen molar-refractivity contribution >= 4 is 0 Å². The Morgan fingerprint density at radius 3 is 1.15 bits per heavy atom. The van der Waals surface area contributed by atoms with Crippen molar-refractivity contribution in [3.05, 3.63) is 12.2 Å². The molecule has 0 fully saturated rings. The summed E-state index contributed by atoms with van der Waals surface area (Å²) in [5.41, 5.74) is 0. The first-order valence-corrected chi connectivity index (χ1v) is 12.6. The molecular formula is C26H52O. The zero-order valence-corrected chi connectivity index (χ0v) is 19.1. The minimum absolute atomic E-state index is 0.982. The number of rotatable bonds is 23. The van der Waals surface area contributed by atoms with E-state index < -0.39 is 0 Å². The van der Waals surface area contributed by atoms with E-state index in [-0.39, 0.29) is 0 Å². The molecule has 0 saturated carbocycles. The first-order valence-electron chi connectivity index (χ1n) is 12.6. The summed E-state index contributed by atoms with van der Waals surface area (Å²) in [6, 6.07) is 0. The molecule has 0 aromatic rings. The van der Waals surface area contributed by atoms with E-state index in [4.69, 9.17) is 4.74 Å². The fraction of sp³-hybridized carbons (Fsp3) is 0.923. The molecule has 0 bridgehead atoms. The van der Waals surface area contributed by atoms with Crippen molar-refractivity contribution in [2.75, 3.05) is 13.2 Å². The van der Waals surface area contributed by atoms with Crippen LogP contribution in [0.15, 0.2) is 12.2 Å². The first kappa shape index (κ1) is 26.7. The zero-order valence-electron chi connectivity index (χ0n) is 19.1. The van der Waals surface area contributed by atoms with Gasteiger partial charge in [-0.15, -0.1) is 0 Å². The number of allylic oxidation sites excluding steroid dienone is 2. The van der Waals surface area contributed by atoms with Crippen molar-refractivity contribution in [3.8, 4) is 0 Å². The molecule has 0 heterocycles. The molecule has 1 nitrogen and oxygen atoms in total. The van der Waals surface area contributed by atoms with Gasteiger partial charge in [0, 0.05) is 13.2 Å². The van der Waals surface area contributed by atoms with E-state index in [1.807, 2.05) is 0 Å². The minimum Gasteiger partial charge on any atom is -0.381 e. The molecule has 0 aliphatic rings. The maximum absolute atomic E-state index is 5.75. The lowest BCUT2D eigenvalue weighted by atomic mass is 10.1. The van der Waals surface area contributed by atoms with Crippen LogP contribution in [0.1, 0.15) is 142 Å². The van der Waals surface area contributed by atoms with Crippen LogP contribution in [-0.2, 0) is 4.74 Å². The number of hydrogen-bond donors (Lipinski definition) is 0. The smallest absolute Gasteiger partial charge is 0.0466 e. The van der Waals surface area contributed by atoms with Gasteiger partial charge in [0.2, 0.25) is 0 Å². The molecular weight excluding hydrogens is 328 g/mol. The van der Waals surface area contributed by atoms with Crippen LogP contribution in [0.25, 0.3) is 0 Å². The summed E-state index contributed by atoms with van der Waals surface area (Å²) in [7, 11) is 0. The highest BCUT2D eigenvalue weighted by atomic mass is 16.5. The van der Waals surface area contributed by atoms with E-state index >= 15 is 0 Å². The Morgan fingerprint density at radius 2 is 0.741 bits per heavy atom. The van der Waals surface area contributed by atoms with Crippen molar-refractivity contribution in [2.45, 2.75) is 142 Å². The van der Waals surface area contributed by atoms with Gasteiger partial charge in [-0.25, -0.2) is 0 Å². The molecule has 0 rings (SSSR count). The second kappa shape index (κ2) is 25.7. The van der Waals surface area contributed by atoms with Crippen LogP contribution >= 0.6 is 0 Å². The summed E-state index contributed by atoms with van der Waals surface area (Å²) < 4.78 is 5.75. The van der Waals surface area contributed by atoms with Gasteiger partial charge in [-0.2, -0.15) is 0 Å². The Balaban J connectivity index is 3.03. The van der Waals surface area contributed by atoms with Gasteiger partial charge in [-0.3, -0.25) is 0 Å². The molecule has 0 saturated heterocycles. The quantitative estimate of drug-likeness (QED) is 0.127. The van der Waals surface area contributed by atoms with Gasteiger partial charge in [0.25, 0.3) is 0 Å². The highest BCUT2D eigenvalue weighted by molar-refractivity contribution is 4.81. The van der Waals surface area contributed by atoms with Crippen LogP contribution in [0.4, 0.5) is 0 Å². The zero-order chi connectivity index (χ0) is 19.7. The molecule has 1 heteroatoms. The lowest BCUT2D eigenvalue weighted by Crippen LogP contribution is -1.97. The average molecular weight is 381 g/mol. The summed E-state index contributed by atoms with van der Waals surface area (Å²) in [6.45, 7) is 6.53. The van der Waals surface area contributed by atoms with Crippen LogP contribution in [0.2, 0.25) is 0 Å². The third-order valence-corrected chi connectivity index (χ3v) is 5.44. The maximum atomic E-state index is 5.75. The van der Waals surface area contributed by atoms with Gasteiger partial charge in [0.05, 0.1) is 0 Å². The third-order valence-electron chi connectivity index (χ3n) is 5.44. The summed E-state index contributed by atoms with van der Waals surface area (Å²) in [5, 5.41) is 0. The fourth-order valence-electron chi connectivity index (χ4n) is 3.54. The molecule has 0 atom stereocenters. The SMILES string of the molecule is CCCCCCCCC=CCCCCCCCCOCCCCCCCC. The monoisotopic (exact) mass is 380 g/mol. The Kier molecular flexibility index (Phi) is 25.4. The molecule has 0 N–H and O–H groups in total. The highest BCUT2D eigenvalue weighted by Gasteiger charge is 1.94. The topological polar surface area (TPSA) is 9.23 Å². The van der Waals surface area contributed by atoms with E-state index in [2.05, 4.69) is 26.0 Å². The molecule has 0 aromatic heterocycles. The molecule has 0 aliphatic carbocycles. The lowest BCUT2D eigenvalue weighted by molar-refractivity contribution is 0.125. The van der Waals surface area contributed by atoms with E-state index in [0.717, 1.165) is 13.2 Å². The van der Waals surface area contributed by atoms with Crippen LogP contribution < -0.4 is 0 Å². The van der Waals surface area contributed by atoms with Crippen molar-refractivity contribution in [1.82, 2.24) is 0 Å². The molecule has 0 amide bonds. The fourth-order valence-corrected chi connectivity index (χ4v) is 3.54. The van der Waals surface area contributed by atoms with Crippen LogP contribution in [0.3, 0.4) is 0 Å². The van der Waals surface area contributed by atoms with Crippen molar-refractivity contribution < 1.29 is 4.74 Å². The summed E-state index contributed by atoms with van der Waals surface area (Å²) >= 11 is 0.